The number of alkyl halides is 3. The largest absolute Gasteiger partial charge is 0.416 e. The molecule has 1 aromatic heterocycles. The number of rotatable bonds is 6. The van der Waals surface area contributed by atoms with Crippen molar-refractivity contribution in [1.29, 1.82) is 0 Å². The summed E-state index contributed by atoms with van der Waals surface area (Å²) in [4.78, 5) is 12.3. The summed E-state index contributed by atoms with van der Waals surface area (Å²) < 4.78 is 40.4. The number of hydrogen-bond donors (Lipinski definition) is 1. The summed E-state index contributed by atoms with van der Waals surface area (Å²) in [7, 11) is 0. The highest BCUT2D eigenvalue weighted by Gasteiger charge is 2.29. The fraction of sp³-hybridized carbons (Fsp3) is 0.400. The third-order valence-electron chi connectivity index (χ3n) is 5.36. The molecule has 0 radical (unpaired) electrons. The lowest BCUT2D eigenvalue weighted by Crippen LogP contribution is -2.20. The molecule has 0 aliphatic carbocycles. The molecule has 2 aromatic carbocycles. The van der Waals surface area contributed by atoms with Crippen LogP contribution in [0.4, 0.5) is 18.9 Å². The monoisotopic (exact) mass is 430 g/mol. The Balaban J connectivity index is 1.81. The molecule has 0 aliphatic rings. The average Bonchev–Trinajstić information content (AvgIpc) is 3.02. The Kier molecular flexibility index (Phi) is 6.21. The molecular formula is C25H29F3N2O. The Morgan fingerprint density at radius 3 is 2.26 bits per heavy atom. The predicted octanol–water partition coefficient (Wildman–Crippen LogP) is 6.74. The zero-order valence-corrected chi connectivity index (χ0v) is 18.7. The van der Waals surface area contributed by atoms with Crippen molar-refractivity contribution in [3.05, 3.63) is 64.8 Å². The van der Waals surface area contributed by atoms with E-state index in [4.69, 9.17) is 0 Å². The lowest BCUT2D eigenvalue weighted by molar-refractivity contribution is -0.137. The van der Waals surface area contributed by atoms with Crippen molar-refractivity contribution in [2.45, 2.75) is 53.8 Å². The number of ketones is 1. The van der Waals surface area contributed by atoms with Crippen LogP contribution in [-0.4, -0.2) is 16.9 Å². The van der Waals surface area contributed by atoms with Gasteiger partial charge in [0.25, 0.3) is 0 Å². The third-order valence-corrected chi connectivity index (χ3v) is 5.36. The molecule has 0 atom stereocenters. The van der Waals surface area contributed by atoms with Crippen LogP contribution in [0.5, 0.6) is 0 Å². The van der Waals surface area contributed by atoms with E-state index in [0.717, 1.165) is 45.4 Å². The Morgan fingerprint density at radius 1 is 1.03 bits per heavy atom. The minimum atomic E-state index is -4.33. The third kappa shape index (κ3) is 5.49. The van der Waals surface area contributed by atoms with Crippen LogP contribution < -0.4 is 5.32 Å². The molecule has 3 nitrogen and oxygen atoms in total. The summed E-state index contributed by atoms with van der Waals surface area (Å²) in [6.07, 6.45) is -1.86. The molecule has 6 heteroatoms. The van der Waals surface area contributed by atoms with Crippen LogP contribution in [-0.2, 0) is 17.5 Å². The van der Waals surface area contributed by atoms with Crippen LogP contribution in [0.3, 0.4) is 0 Å². The normalized spacial score (nSPS) is 12.4. The van der Waals surface area contributed by atoms with Crippen LogP contribution in [0.2, 0.25) is 0 Å². The summed E-state index contributed by atoms with van der Waals surface area (Å²) in [6.45, 7) is 10.9. The van der Waals surface area contributed by atoms with Crippen LogP contribution in [0.1, 0.15) is 49.4 Å². The molecule has 0 unspecified atom stereocenters. The van der Waals surface area contributed by atoms with Gasteiger partial charge in [-0.25, -0.2) is 0 Å². The quantitative estimate of drug-likeness (QED) is 0.470. The molecule has 31 heavy (non-hydrogen) atoms. The van der Waals surface area contributed by atoms with E-state index in [9.17, 15) is 18.0 Å². The van der Waals surface area contributed by atoms with Gasteiger partial charge in [-0.15, -0.1) is 0 Å². The summed E-state index contributed by atoms with van der Waals surface area (Å²) in [5.74, 6) is 0.172. The maximum absolute atomic E-state index is 12.8. The average molecular weight is 431 g/mol. The lowest BCUT2D eigenvalue weighted by atomic mass is 9.90. The molecule has 3 rings (SSSR count). The minimum Gasteiger partial charge on any atom is -0.378 e. The Bertz CT molecular complexity index is 1090. The standard InChI is InChI=1S/C25H29F3N2O/c1-16-12-22-21(17(2)23(16)29-14-20(31)13-24(3,4)5)10-11-30(22)15-18-6-8-19(9-7-18)25(26,27)28/h6-12,29H,13-15H2,1-5H3. The topological polar surface area (TPSA) is 34.0 Å². The van der Waals surface area contributed by atoms with Crippen molar-refractivity contribution >= 4 is 22.4 Å². The molecule has 0 spiro atoms. The van der Waals surface area contributed by atoms with Crippen molar-refractivity contribution in [1.82, 2.24) is 4.57 Å². The number of benzene rings is 2. The van der Waals surface area contributed by atoms with Crippen molar-refractivity contribution in [2.24, 2.45) is 5.41 Å². The molecule has 166 valence electrons. The van der Waals surface area contributed by atoms with Gasteiger partial charge in [0, 0.05) is 35.8 Å². The number of carbonyl (C=O) groups excluding carboxylic acids is 1. The highest BCUT2D eigenvalue weighted by Crippen LogP contribution is 2.32. The maximum atomic E-state index is 12.8. The fourth-order valence-corrected chi connectivity index (χ4v) is 3.92. The first-order valence-electron chi connectivity index (χ1n) is 10.4. The molecule has 3 aromatic rings. The van der Waals surface area contributed by atoms with E-state index in [1.807, 2.05) is 51.4 Å². The molecule has 0 bridgehead atoms. The highest BCUT2D eigenvalue weighted by atomic mass is 19.4. The van der Waals surface area contributed by atoms with E-state index in [2.05, 4.69) is 11.4 Å². The van der Waals surface area contributed by atoms with Gasteiger partial charge in [0.05, 0.1) is 12.1 Å². The molecule has 0 amide bonds. The number of nitrogens with zero attached hydrogens (tertiary/aromatic N) is 1. The molecule has 0 aliphatic heterocycles. The second kappa shape index (κ2) is 8.40. The van der Waals surface area contributed by atoms with Gasteiger partial charge >= 0.3 is 6.18 Å². The molecule has 0 saturated heterocycles. The predicted molar refractivity (Wildman–Crippen MR) is 120 cm³/mol. The smallest absolute Gasteiger partial charge is 0.378 e. The fourth-order valence-electron chi connectivity index (χ4n) is 3.92. The zero-order chi connectivity index (χ0) is 23.0. The van der Waals surface area contributed by atoms with Crippen LogP contribution in [0.15, 0.2) is 42.6 Å². The number of Topliss-reactive ketones (excluding diaryl/α,β-unsaturated/α-hetero) is 1. The van der Waals surface area contributed by atoms with E-state index in [0.29, 0.717) is 13.0 Å². The van der Waals surface area contributed by atoms with Gasteiger partial charge in [-0.2, -0.15) is 13.2 Å². The van der Waals surface area contributed by atoms with Crippen molar-refractivity contribution in [2.75, 3.05) is 11.9 Å². The number of carbonyl (C=O) groups is 1. The van der Waals surface area contributed by atoms with E-state index >= 15 is 0 Å². The highest BCUT2D eigenvalue weighted by molar-refractivity contribution is 5.91. The van der Waals surface area contributed by atoms with Crippen LogP contribution in [0, 0.1) is 19.3 Å². The Morgan fingerprint density at radius 2 is 1.68 bits per heavy atom. The number of nitrogens with one attached hydrogen (secondary N) is 1. The number of aryl methyl sites for hydroxylation is 2. The van der Waals surface area contributed by atoms with Crippen molar-refractivity contribution < 1.29 is 18.0 Å². The molecule has 1 heterocycles. The van der Waals surface area contributed by atoms with Crippen molar-refractivity contribution in [3.8, 4) is 0 Å². The van der Waals surface area contributed by atoms with E-state index in [1.54, 1.807) is 0 Å². The Hall–Kier alpha value is -2.76. The van der Waals surface area contributed by atoms with Gasteiger partial charge in [-0.3, -0.25) is 4.79 Å². The number of anilines is 1. The molecule has 1 N–H and O–H groups in total. The summed E-state index contributed by atoms with van der Waals surface area (Å²) in [5.41, 5.74) is 4.18. The second-order valence-electron chi connectivity index (χ2n) is 9.39. The summed E-state index contributed by atoms with van der Waals surface area (Å²) >= 11 is 0. The lowest BCUT2D eigenvalue weighted by Gasteiger charge is -2.19. The summed E-state index contributed by atoms with van der Waals surface area (Å²) in [6, 6.07) is 9.35. The SMILES string of the molecule is Cc1cc2c(ccn2Cc2ccc(C(F)(F)F)cc2)c(C)c1NCC(=O)CC(C)(C)C. The van der Waals surface area contributed by atoms with Crippen LogP contribution in [0.25, 0.3) is 10.9 Å². The first-order valence-corrected chi connectivity index (χ1v) is 10.4. The maximum Gasteiger partial charge on any atom is 0.416 e. The molecule has 0 fully saturated rings. The minimum absolute atomic E-state index is 0.0394. The van der Waals surface area contributed by atoms with Gasteiger partial charge in [-0.1, -0.05) is 32.9 Å². The van der Waals surface area contributed by atoms with Gasteiger partial charge in [0.1, 0.15) is 0 Å². The number of halogens is 3. The van der Waals surface area contributed by atoms with Gasteiger partial charge in [-0.05, 0) is 60.2 Å². The summed E-state index contributed by atoms with van der Waals surface area (Å²) in [5, 5.41) is 4.37. The second-order valence-corrected chi connectivity index (χ2v) is 9.39. The van der Waals surface area contributed by atoms with E-state index in [-0.39, 0.29) is 17.7 Å². The number of fused-ring (bicyclic) bond motifs is 1. The number of aromatic nitrogens is 1. The van der Waals surface area contributed by atoms with E-state index in [1.165, 1.54) is 12.1 Å². The molecular weight excluding hydrogens is 401 g/mol. The van der Waals surface area contributed by atoms with Gasteiger partial charge < -0.3 is 9.88 Å². The first-order chi connectivity index (χ1) is 14.3. The zero-order valence-electron chi connectivity index (χ0n) is 18.7. The first kappa shape index (κ1) is 22.9. The number of hydrogen-bond acceptors (Lipinski definition) is 2. The van der Waals surface area contributed by atoms with Gasteiger partial charge in [0.2, 0.25) is 0 Å². The van der Waals surface area contributed by atoms with Crippen molar-refractivity contribution in [3.63, 3.8) is 0 Å². The van der Waals surface area contributed by atoms with Crippen LogP contribution >= 0.6 is 0 Å². The van der Waals surface area contributed by atoms with Gasteiger partial charge in [0.15, 0.2) is 5.78 Å². The van der Waals surface area contributed by atoms with E-state index < -0.39 is 11.7 Å². The molecule has 0 saturated carbocycles. The Labute approximate surface area is 181 Å².